The predicted molar refractivity (Wildman–Crippen MR) is 101 cm³/mol. The van der Waals surface area contributed by atoms with Crippen molar-refractivity contribution in [3.63, 3.8) is 0 Å². The molecule has 1 aromatic carbocycles. The number of aryl methyl sites for hydroxylation is 2. The van der Waals surface area contributed by atoms with Crippen LogP contribution in [0.15, 0.2) is 36.4 Å². The van der Waals surface area contributed by atoms with E-state index in [4.69, 9.17) is 14.7 Å². The average molecular weight is 366 g/mol. The number of carbonyl (C=O) groups excluding carboxylic acids is 1. The topological polar surface area (TPSA) is 87.5 Å². The summed E-state index contributed by atoms with van der Waals surface area (Å²) >= 11 is 0. The number of pyridine rings is 1. The highest BCUT2D eigenvalue weighted by atomic mass is 16.5. The zero-order valence-corrected chi connectivity index (χ0v) is 15.4. The van der Waals surface area contributed by atoms with E-state index in [2.05, 4.69) is 16.4 Å². The minimum absolute atomic E-state index is 0.210. The highest BCUT2D eigenvalue weighted by molar-refractivity contribution is 5.88. The summed E-state index contributed by atoms with van der Waals surface area (Å²) in [6.07, 6.45) is -0.261. The summed E-state index contributed by atoms with van der Waals surface area (Å²) in [6, 6.07) is 12.7. The Morgan fingerprint density at radius 1 is 1.41 bits per heavy atom. The van der Waals surface area contributed by atoms with Gasteiger partial charge in [0.15, 0.2) is 0 Å². The fourth-order valence-corrected chi connectivity index (χ4v) is 2.97. The highest BCUT2D eigenvalue weighted by Crippen LogP contribution is 2.18. The van der Waals surface area contributed by atoms with Gasteiger partial charge in [0.1, 0.15) is 30.3 Å². The first kappa shape index (κ1) is 18.7. The van der Waals surface area contributed by atoms with Crippen LogP contribution in [0.3, 0.4) is 0 Å². The Morgan fingerprint density at radius 3 is 3.00 bits per heavy atom. The molecule has 0 aliphatic carbocycles. The third kappa shape index (κ3) is 4.96. The second kappa shape index (κ2) is 8.52. The molecule has 1 aliphatic heterocycles. The van der Waals surface area contributed by atoms with E-state index in [1.54, 1.807) is 23.1 Å². The van der Waals surface area contributed by atoms with Crippen molar-refractivity contribution in [3.8, 4) is 11.8 Å². The van der Waals surface area contributed by atoms with Crippen molar-refractivity contribution in [1.82, 2.24) is 9.88 Å². The molecule has 0 saturated carbocycles. The lowest BCUT2D eigenvalue weighted by Crippen LogP contribution is -2.49. The molecule has 2 heterocycles. The third-order valence-electron chi connectivity index (χ3n) is 4.19. The van der Waals surface area contributed by atoms with Crippen LogP contribution in [-0.2, 0) is 4.74 Å². The normalized spacial score (nSPS) is 16.5. The molecule has 27 heavy (non-hydrogen) atoms. The fraction of sp³-hybridized carbons (Fsp3) is 0.350. The van der Waals surface area contributed by atoms with E-state index >= 15 is 0 Å². The standard InChI is InChI=1S/C20H22N4O3/c1-14-9-15(2)22-19(10-14)23-20(25)24-7-8-26-17(12-24)13-27-18-6-4-3-5-16(18)11-21/h3-6,9-10,17H,7-8,12-13H2,1-2H3,(H,22,23,25). The van der Waals surface area contributed by atoms with Crippen LogP contribution in [0.25, 0.3) is 0 Å². The Morgan fingerprint density at radius 2 is 2.22 bits per heavy atom. The van der Waals surface area contributed by atoms with Gasteiger partial charge in [-0.3, -0.25) is 5.32 Å². The van der Waals surface area contributed by atoms with Crippen LogP contribution >= 0.6 is 0 Å². The first-order valence-corrected chi connectivity index (χ1v) is 8.80. The van der Waals surface area contributed by atoms with Crippen LogP contribution < -0.4 is 10.1 Å². The summed E-state index contributed by atoms with van der Waals surface area (Å²) < 4.78 is 11.4. The molecule has 3 rings (SSSR count). The smallest absolute Gasteiger partial charge is 0.323 e. The summed E-state index contributed by atoms with van der Waals surface area (Å²) in [7, 11) is 0. The molecule has 0 spiro atoms. The number of urea groups is 1. The average Bonchev–Trinajstić information content (AvgIpc) is 2.66. The molecule has 7 nitrogen and oxygen atoms in total. The van der Waals surface area contributed by atoms with Crippen LogP contribution in [0.5, 0.6) is 5.75 Å². The lowest BCUT2D eigenvalue weighted by atomic mass is 10.2. The van der Waals surface area contributed by atoms with Gasteiger partial charge in [-0.15, -0.1) is 0 Å². The maximum atomic E-state index is 12.5. The molecule has 140 valence electrons. The number of hydrogen-bond donors (Lipinski definition) is 1. The minimum atomic E-state index is -0.261. The lowest BCUT2D eigenvalue weighted by Gasteiger charge is -2.32. The van der Waals surface area contributed by atoms with Crippen molar-refractivity contribution in [3.05, 3.63) is 53.2 Å². The molecule has 0 bridgehead atoms. The molecule has 1 N–H and O–H groups in total. The Kier molecular flexibility index (Phi) is 5.89. The van der Waals surface area contributed by atoms with E-state index < -0.39 is 0 Å². The Bertz CT molecular complexity index is 842. The van der Waals surface area contributed by atoms with Gasteiger partial charge in [0.05, 0.1) is 18.7 Å². The van der Waals surface area contributed by atoms with Crippen LogP contribution in [0.1, 0.15) is 16.8 Å². The van der Waals surface area contributed by atoms with Crippen molar-refractivity contribution < 1.29 is 14.3 Å². The van der Waals surface area contributed by atoms with Crippen molar-refractivity contribution in [1.29, 1.82) is 5.26 Å². The van der Waals surface area contributed by atoms with Crippen LogP contribution in [0, 0.1) is 25.2 Å². The van der Waals surface area contributed by atoms with E-state index in [0.717, 1.165) is 11.3 Å². The van der Waals surface area contributed by atoms with Gasteiger partial charge < -0.3 is 14.4 Å². The number of nitriles is 1. The first-order chi connectivity index (χ1) is 13.0. The molecule has 1 unspecified atom stereocenters. The molecule has 1 fully saturated rings. The zero-order valence-electron chi connectivity index (χ0n) is 15.4. The molecular formula is C20H22N4O3. The highest BCUT2D eigenvalue weighted by Gasteiger charge is 2.25. The lowest BCUT2D eigenvalue weighted by molar-refractivity contribution is -0.0337. The molecule has 1 aromatic heterocycles. The second-order valence-electron chi connectivity index (χ2n) is 6.46. The van der Waals surface area contributed by atoms with E-state index in [0.29, 0.717) is 36.8 Å². The van der Waals surface area contributed by atoms with Crippen LogP contribution in [0.4, 0.5) is 10.6 Å². The molecule has 7 heteroatoms. The van der Waals surface area contributed by atoms with Crippen molar-refractivity contribution >= 4 is 11.8 Å². The molecule has 0 radical (unpaired) electrons. The third-order valence-corrected chi connectivity index (χ3v) is 4.19. The summed E-state index contributed by atoms with van der Waals surface area (Å²) in [6.45, 7) is 5.47. The Hall–Kier alpha value is -3.11. The second-order valence-corrected chi connectivity index (χ2v) is 6.46. The predicted octanol–water partition coefficient (Wildman–Crippen LogP) is 2.88. The number of aromatic nitrogens is 1. The van der Waals surface area contributed by atoms with Gasteiger partial charge in [-0.05, 0) is 43.7 Å². The molecule has 2 aromatic rings. The SMILES string of the molecule is Cc1cc(C)nc(NC(=O)N2CCOC(COc3ccccc3C#N)C2)c1. The van der Waals surface area contributed by atoms with E-state index in [1.165, 1.54) is 0 Å². The van der Waals surface area contributed by atoms with Crippen molar-refractivity contribution in [2.45, 2.75) is 20.0 Å². The summed E-state index contributed by atoms with van der Waals surface area (Å²) in [5, 5.41) is 12.0. The van der Waals surface area contributed by atoms with Gasteiger partial charge in [0, 0.05) is 12.2 Å². The Labute approximate surface area is 158 Å². The molecule has 1 saturated heterocycles. The van der Waals surface area contributed by atoms with Gasteiger partial charge in [-0.2, -0.15) is 5.26 Å². The molecular weight excluding hydrogens is 344 g/mol. The number of anilines is 1. The van der Waals surface area contributed by atoms with Gasteiger partial charge in [0.25, 0.3) is 0 Å². The first-order valence-electron chi connectivity index (χ1n) is 8.80. The van der Waals surface area contributed by atoms with Gasteiger partial charge >= 0.3 is 6.03 Å². The van der Waals surface area contributed by atoms with E-state index in [-0.39, 0.29) is 18.7 Å². The van der Waals surface area contributed by atoms with Gasteiger partial charge in [0.2, 0.25) is 0 Å². The van der Waals surface area contributed by atoms with E-state index in [1.807, 2.05) is 32.0 Å². The number of rotatable bonds is 4. The van der Waals surface area contributed by atoms with Crippen molar-refractivity contribution in [2.75, 3.05) is 31.6 Å². The monoisotopic (exact) mass is 366 g/mol. The van der Waals surface area contributed by atoms with Crippen LogP contribution in [-0.4, -0.2) is 48.3 Å². The largest absolute Gasteiger partial charge is 0.489 e. The fourth-order valence-electron chi connectivity index (χ4n) is 2.97. The molecule has 1 atom stereocenters. The number of nitrogens with zero attached hydrogens (tertiary/aromatic N) is 3. The van der Waals surface area contributed by atoms with Crippen molar-refractivity contribution in [2.24, 2.45) is 0 Å². The number of ether oxygens (including phenoxy) is 2. The number of benzene rings is 1. The minimum Gasteiger partial charge on any atom is -0.489 e. The van der Waals surface area contributed by atoms with E-state index in [9.17, 15) is 4.79 Å². The van der Waals surface area contributed by atoms with Gasteiger partial charge in [-0.1, -0.05) is 12.1 Å². The number of hydrogen-bond acceptors (Lipinski definition) is 5. The number of para-hydroxylation sites is 1. The summed E-state index contributed by atoms with van der Waals surface area (Å²) in [4.78, 5) is 18.6. The molecule has 1 aliphatic rings. The quantitative estimate of drug-likeness (QED) is 0.899. The van der Waals surface area contributed by atoms with Gasteiger partial charge in [-0.25, -0.2) is 9.78 Å². The number of amides is 2. The summed E-state index contributed by atoms with van der Waals surface area (Å²) in [5.41, 5.74) is 2.38. The zero-order chi connectivity index (χ0) is 19.2. The molecule has 2 amide bonds. The summed E-state index contributed by atoms with van der Waals surface area (Å²) in [5.74, 6) is 1.06. The number of morpholine rings is 1. The maximum Gasteiger partial charge on any atom is 0.323 e. The maximum absolute atomic E-state index is 12.5. The van der Waals surface area contributed by atoms with Crippen LogP contribution in [0.2, 0.25) is 0 Å². The Balaban J connectivity index is 1.57. The number of nitrogens with one attached hydrogen (secondary N) is 1. The number of carbonyl (C=O) groups is 1.